The van der Waals surface area contributed by atoms with Gasteiger partial charge < -0.3 is 5.32 Å². The molecule has 2 aromatic rings. The maximum absolute atomic E-state index is 12.9. The summed E-state index contributed by atoms with van der Waals surface area (Å²) in [5, 5.41) is 3.27. The van der Waals surface area contributed by atoms with Crippen molar-refractivity contribution in [3.8, 4) is 0 Å². The van der Waals surface area contributed by atoms with Crippen molar-refractivity contribution in [3.63, 3.8) is 0 Å². The number of pyridine rings is 1. The first-order valence-corrected chi connectivity index (χ1v) is 5.70. The Bertz CT molecular complexity index is 457. The molecule has 2 nitrogen and oxygen atoms in total. The minimum absolute atomic E-state index is 0.186. The molecule has 0 bridgehead atoms. The molecule has 0 spiro atoms. The lowest BCUT2D eigenvalue weighted by Crippen LogP contribution is -2.17. The summed E-state index contributed by atoms with van der Waals surface area (Å²) in [5.41, 5.74) is 2.03. The summed E-state index contributed by atoms with van der Waals surface area (Å²) in [4.78, 5) is 4.24. The van der Waals surface area contributed by atoms with Gasteiger partial charge in [0.05, 0.1) is 0 Å². The van der Waals surface area contributed by atoms with E-state index in [4.69, 9.17) is 0 Å². The van der Waals surface area contributed by atoms with Gasteiger partial charge in [0.15, 0.2) is 0 Å². The van der Waals surface area contributed by atoms with Crippen LogP contribution in [0.4, 0.5) is 4.39 Å². The molecule has 0 aliphatic carbocycles. The molecule has 1 N–H and O–H groups in total. The number of hydrogen-bond donors (Lipinski definition) is 1. The molecule has 0 unspecified atom stereocenters. The van der Waals surface area contributed by atoms with Crippen molar-refractivity contribution in [1.29, 1.82) is 0 Å². The second kappa shape index (κ2) is 6.11. The number of aromatic nitrogens is 1. The Balaban J connectivity index is 1.73. The molecule has 0 amide bonds. The molecule has 2 rings (SSSR count). The van der Waals surface area contributed by atoms with E-state index in [1.807, 2.05) is 24.3 Å². The summed E-state index contributed by atoms with van der Waals surface area (Å²) in [6.45, 7) is 1.53. The van der Waals surface area contributed by atoms with Gasteiger partial charge in [-0.2, -0.15) is 0 Å². The van der Waals surface area contributed by atoms with Crippen molar-refractivity contribution >= 4 is 0 Å². The number of rotatable bonds is 5. The highest BCUT2D eigenvalue weighted by Gasteiger charge is 1.96. The van der Waals surface area contributed by atoms with E-state index < -0.39 is 0 Å². The van der Waals surface area contributed by atoms with Crippen molar-refractivity contribution in [2.24, 2.45) is 0 Å². The number of hydrogen-bond acceptors (Lipinski definition) is 2. The highest BCUT2D eigenvalue weighted by Crippen LogP contribution is 2.02. The van der Waals surface area contributed by atoms with Gasteiger partial charge in [-0.3, -0.25) is 4.98 Å². The normalized spacial score (nSPS) is 10.4. The van der Waals surface area contributed by atoms with Crippen molar-refractivity contribution in [1.82, 2.24) is 10.3 Å². The zero-order valence-corrected chi connectivity index (χ0v) is 9.57. The first-order valence-electron chi connectivity index (χ1n) is 5.70. The Morgan fingerprint density at radius 3 is 2.82 bits per heavy atom. The van der Waals surface area contributed by atoms with Gasteiger partial charge in [0.2, 0.25) is 0 Å². The van der Waals surface area contributed by atoms with Crippen LogP contribution in [0, 0.1) is 5.82 Å². The van der Waals surface area contributed by atoms with E-state index in [0.717, 1.165) is 24.2 Å². The molecular weight excluding hydrogens is 215 g/mol. The Morgan fingerprint density at radius 1 is 1.12 bits per heavy atom. The molecule has 1 heterocycles. The standard InChI is InChI=1S/C14H15FN2/c15-13-5-3-4-12(10-13)11-16-9-7-14-6-1-2-8-17-14/h1-6,8,10,16H,7,9,11H2. The van der Waals surface area contributed by atoms with E-state index in [2.05, 4.69) is 10.3 Å². The lowest BCUT2D eigenvalue weighted by Gasteiger charge is -2.04. The zero-order valence-electron chi connectivity index (χ0n) is 9.57. The van der Waals surface area contributed by atoms with Gasteiger partial charge in [0, 0.05) is 31.4 Å². The maximum Gasteiger partial charge on any atom is 0.123 e. The smallest absolute Gasteiger partial charge is 0.123 e. The van der Waals surface area contributed by atoms with Crippen LogP contribution < -0.4 is 5.32 Å². The molecule has 17 heavy (non-hydrogen) atoms. The van der Waals surface area contributed by atoms with Crippen LogP contribution >= 0.6 is 0 Å². The monoisotopic (exact) mass is 230 g/mol. The zero-order chi connectivity index (χ0) is 11.9. The third kappa shape index (κ3) is 3.96. The minimum Gasteiger partial charge on any atom is -0.312 e. The average molecular weight is 230 g/mol. The van der Waals surface area contributed by atoms with E-state index in [0.29, 0.717) is 6.54 Å². The maximum atomic E-state index is 12.9. The van der Waals surface area contributed by atoms with Gasteiger partial charge >= 0.3 is 0 Å². The molecule has 0 saturated carbocycles. The lowest BCUT2D eigenvalue weighted by atomic mass is 10.2. The summed E-state index contributed by atoms with van der Waals surface area (Å²) < 4.78 is 12.9. The van der Waals surface area contributed by atoms with E-state index >= 15 is 0 Å². The number of halogens is 1. The fourth-order valence-corrected chi connectivity index (χ4v) is 1.64. The van der Waals surface area contributed by atoms with Gasteiger partial charge in [-0.1, -0.05) is 18.2 Å². The molecule has 0 saturated heterocycles. The topological polar surface area (TPSA) is 24.9 Å². The molecule has 0 aliphatic rings. The van der Waals surface area contributed by atoms with Gasteiger partial charge in [-0.25, -0.2) is 4.39 Å². The van der Waals surface area contributed by atoms with Crippen LogP contribution in [0.1, 0.15) is 11.3 Å². The first-order chi connectivity index (χ1) is 8.34. The van der Waals surface area contributed by atoms with Gasteiger partial charge in [0.1, 0.15) is 5.82 Å². The van der Waals surface area contributed by atoms with Crippen molar-refractivity contribution in [3.05, 3.63) is 65.7 Å². The minimum atomic E-state index is -0.186. The quantitative estimate of drug-likeness (QED) is 0.798. The largest absolute Gasteiger partial charge is 0.312 e. The van der Waals surface area contributed by atoms with Crippen LogP contribution in [0.15, 0.2) is 48.7 Å². The van der Waals surface area contributed by atoms with Crippen LogP contribution in [0.25, 0.3) is 0 Å². The van der Waals surface area contributed by atoms with Gasteiger partial charge in [-0.05, 0) is 29.8 Å². The van der Waals surface area contributed by atoms with Crippen LogP contribution in [-0.4, -0.2) is 11.5 Å². The highest BCUT2D eigenvalue weighted by molar-refractivity contribution is 5.16. The summed E-state index contributed by atoms with van der Waals surface area (Å²) >= 11 is 0. The van der Waals surface area contributed by atoms with E-state index in [1.54, 1.807) is 18.3 Å². The highest BCUT2D eigenvalue weighted by atomic mass is 19.1. The van der Waals surface area contributed by atoms with Crippen LogP contribution in [0.3, 0.4) is 0 Å². The second-order valence-electron chi connectivity index (χ2n) is 3.88. The van der Waals surface area contributed by atoms with Crippen LogP contribution in [-0.2, 0) is 13.0 Å². The fraction of sp³-hybridized carbons (Fsp3) is 0.214. The Kier molecular flexibility index (Phi) is 4.22. The molecule has 0 fully saturated rings. The van der Waals surface area contributed by atoms with E-state index in [-0.39, 0.29) is 5.82 Å². The Hall–Kier alpha value is -1.74. The molecule has 0 radical (unpaired) electrons. The number of nitrogens with zero attached hydrogens (tertiary/aromatic N) is 1. The van der Waals surface area contributed by atoms with Gasteiger partial charge in [-0.15, -0.1) is 0 Å². The summed E-state index contributed by atoms with van der Waals surface area (Å²) in [6.07, 6.45) is 2.68. The third-order valence-electron chi connectivity index (χ3n) is 2.50. The molecule has 0 atom stereocenters. The molecular formula is C14H15FN2. The van der Waals surface area contributed by atoms with Crippen LogP contribution in [0.2, 0.25) is 0 Å². The summed E-state index contributed by atoms with van der Waals surface area (Å²) in [5.74, 6) is -0.186. The number of benzene rings is 1. The molecule has 0 aliphatic heterocycles. The fourth-order valence-electron chi connectivity index (χ4n) is 1.64. The number of nitrogens with one attached hydrogen (secondary N) is 1. The van der Waals surface area contributed by atoms with Crippen molar-refractivity contribution in [2.45, 2.75) is 13.0 Å². The van der Waals surface area contributed by atoms with Gasteiger partial charge in [0.25, 0.3) is 0 Å². The first kappa shape index (κ1) is 11.7. The average Bonchev–Trinajstić information content (AvgIpc) is 2.36. The summed E-state index contributed by atoms with van der Waals surface area (Å²) in [7, 11) is 0. The Labute approximate surface area is 101 Å². The second-order valence-corrected chi connectivity index (χ2v) is 3.88. The van der Waals surface area contributed by atoms with Crippen molar-refractivity contribution in [2.75, 3.05) is 6.54 Å². The molecule has 1 aromatic heterocycles. The molecule has 88 valence electrons. The predicted molar refractivity (Wildman–Crippen MR) is 66.0 cm³/mol. The van der Waals surface area contributed by atoms with E-state index in [9.17, 15) is 4.39 Å². The summed E-state index contributed by atoms with van der Waals surface area (Å²) in [6, 6.07) is 12.5. The van der Waals surface area contributed by atoms with E-state index in [1.165, 1.54) is 6.07 Å². The Morgan fingerprint density at radius 2 is 2.06 bits per heavy atom. The van der Waals surface area contributed by atoms with Crippen molar-refractivity contribution < 1.29 is 4.39 Å². The molecule has 1 aromatic carbocycles. The lowest BCUT2D eigenvalue weighted by molar-refractivity contribution is 0.619. The molecule has 3 heteroatoms. The predicted octanol–water partition coefficient (Wildman–Crippen LogP) is 2.55. The SMILES string of the molecule is Fc1cccc(CNCCc2ccccn2)c1. The van der Waals surface area contributed by atoms with Crippen LogP contribution in [0.5, 0.6) is 0 Å². The third-order valence-corrected chi connectivity index (χ3v) is 2.50.